The summed E-state index contributed by atoms with van der Waals surface area (Å²) in [5.74, 6) is 0. The van der Waals surface area contributed by atoms with Gasteiger partial charge in [-0.1, -0.05) is 54.6 Å². The summed E-state index contributed by atoms with van der Waals surface area (Å²) in [6, 6.07) is 20.6. The van der Waals surface area contributed by atoms with Crippen molar-refractivity contribution in [2.45, 2.75) is 12.5 Å². The van der Waals surface area contributed by atoms with Crippen molar-refractivity contribution in [1.29, 1.82) is 0 Å². The van der Waals surface area contributed by atoms with Gasteiger partial charge < -0.3 is 8.85 Å². The first-order valence-corrected chi connectivity index (χ1v) is 9.04. The molecule has 0 N–H and O–H groups in total. The third kappa shape index (κ3) is 2.86. The highest BCUT2D eigenvalue weighted by Crippen LogP contribution is 2.28. The first-order chi connectivity index (χ1) is 10.3. The van der Waals surface area contributed by atoms with Crippen LogP contribution in [0.1, 0.15) is 5.56 Å². The molecular formula is C18H20O2Si. The van der Waals surface area contributed by atoms with Crippen LogP contribution >= 0.6 is 0 Å². The summed E-state index contributed by atoms with van der Waals surface area (Å²) in [7, 11) is 2.00. The van der Waals surface area contributed by atoms with Gasteiger partial charge in [0.05, 0.1) is 0 Å². The van der Waals surface area contributed by atoms with Crippen LogP contribution in [0.5, 0.6) is 0 Å². The van der Waals surface area contributed by atoms with Crippen molar-refractivity contribution in [3.63, 3.8) is 0 Å². The Bertz CT molecular complexity index is 750. The van der Waals surface area contributed by atoms with Crippen molar-refractivity contribution in [1.82, 2.24) is 0 Å². The molecule has 108 valence electrons. The molecule has 0 unspecified atom stereocenters. The van der Waals surface area contributed by atoms with E-state index in [0.717, 1.165) is 12.5 Å². The van der Waals surface area contributed by atoms with Gasteiger partial charge in [0.1, 0.15) is 0 Å². The molecule has 0 aliphatic carbocycles. The molecule has 0 saturated carbocycles. The van der Waals surface area contributed by atoms with E-state index in [0.29, 0.717) is 0 Å². The van der Waals surface area contributed by atoms with Gasteiger partial charge in [-0.05, 0) is 39.6 Å². The van der Waals surface area contributed by atoms with Crippen LogP contribution in [-0.4, -0.2) is 23.5 Å². The zero-order valence-electron chi connectivity index (χ0n) is 12.5. The van der Waals surface area contributed by atoms with E-state index in [4.69, 9.17) is 8.85 Å². The SMILES string of the molecule is CO[SiH](CCc1cccc2c1ccc1ccccc12)OC. The minimum absolute atomic E-state index is 0.999. The molecule has 0 fully saturated rings. The normalized spacial score (nSPS) is 11.6. The molecule has 0 atom stereocenters. The van der Waals surface area contributed by atoms with Gasteiger partial charge >= 0.3 is 9.28 Å². The summed E-state index contributed by atoms with van der Waals surface area (Å²) >= 11 is 0. The molecule has 3 heteroatoms. The summed E-state index contributed by atoms with van der Waals surface area (Å²) in [5.41, 5.74) is 1.38. The fraction of sp³-hybridized carbons (Fsp3) is 0.222. The van der Waals surface area contributed by atoms with E-state index in [1.54, 1.807) is 14.2 Å². The molecule has 0 spiro atoms. The number of hydrogen-bond acceptors (Lipinski definition) is 2. The Hall–Kier alpha value is -1.68. The Kier molecular flexibility index (Phi) is 4.34. The largest absolute Gasteiger partial charge is 0.400 e. The lowest BCUT2D eigenvalue weighted by atomic mass is 9.97. The van der Waals surface area contributed by atoms with Crippen molar-refractivity contribution in [3.8, 4) is 0 Å². The Labute approximate surface area is 127 Å². The molecule has 0 saturated heterocycles. The lowest BCUT2D eigenvalue weighted by Gasteiger charge is -2.13. The third-order valence-corrected chi connectivity index (χ3v) is 5.86. The highest BCUT2D eigenvalue weighted by Gasteiger charge is 2.11. The minimum Gasteiger partial charge on any atom is -0.400 e. The minimum atomic E-state index is -1.49. The molecule has 0 aliphatic heterocycles. The average molecular weight is 296 g/mol. The third-order valence-electron chi connectivity index (χ3n) is 4.05. The molecule has 3 aromatic rings. The predicted molar refractivity (Wildman–Crippen MR) is 91.1 cm³/mol. The summed E-state index contributed by atoms with van der Waals surface area (Å²) in [6.07, 6.45) is 1.01. The van der Waals surface area contributed by atoms with E-state index in [1.165, 1.54) is 27.1 Å². The summed E-state index contributed by atoms with van der Waals surface area (Å²) in [6.45, 7) is 0. The van der Waals surface area contributed by atoms with Gasteiger partial charge in [-0.25, -0.2) is 0 Å². The van der Waals surface area contributed by atoms with Crippen molar-refractivity contribution >= 4 is 30.8 Å². The van der Waals surface area contributed by atoms with Crippen LogP contribution in [0, 0.1) is 0 Å². The lowest BCUT2D eigenvalue weighted by molar-refractivity contribution is 0.277. The zero-order chi connectivity index (χ0) is 14.7. The average Bonchev–Trinajstić information content (AvgIpc) is 2.55. The van der Waals surface area contributed by atoms with Crippen molar-refractivity contribution in [2.75, 3.05) is 14.2 Å². The number of benzene rings is 3. The van der Waals surface area contributed by atoms with E-state index < -0.39 is 9.28 Å². The van der Waals surface area contributed by atoms with Gasteiger partial charge in [0.25, 0.3) is 0 Å². The number of rotatable bonds is 5. The Morgan fingerprint density at radius 2 is 1.52 bits per heavy atom. The van der Waals surface area contributed by atoms with Gasteiger partial charge in [-0.15, -0.1) is 0 Å². The van der Waals surface area contributed by atoms with E-state index in [9.17, 15) is 0 Å². The van der Waals surface area contributed by atoms with E-state index in [-0.39, 0.29) is 0 Å². The molecule has 21 heavy (non-hydrogen) atoms. The molecule has 0 radical (unpaired) electrons. The summed E-state index contributed by atoms with van der Waals surface area (Å²) < 4.78 is 10.8. The van der Waals surface area contributed by atoms with Crippen molar-refractivity contribution < 1.29 is 8.85 Å². The molecule has 0 bridgehead atoms. The maximum absolute atomic E-state index is 5.42. The van der Waals surface area contributed by atoms with Crippen LogP contribution < -0.4 is 0 Å². The fourth-order valence-electron chi connectivity index (χ4n) is 2.93. The second-order valence-electron chi connectivity index (χ2n) is 5.24. The molecule has 0 heterocycles. The topological polar surface area (TPSA) is 18.5 Å². The van der Waals surface area contributed by atoms with Crippen LogP contribution in [0.2, 0.25) is 6.04 Å². The first-order valence-electron chi connectivity index (χ1n) is 7.28. The molecule has 0 aliphatic rings. The van der Waals surface area contributed by atoms with Gasteiger partial charge in [0.2, 0.25) is 0 Å². The monoisotopic (exact) mass is 296 g/mol. The zero-order valence-corrected chi connectivity index (χ0v) is 13.7. The molecular weight excluding hydrogens is 276 g/mol. The lowest BCUT2D eigenvalue weighted by Crippen LogP contribution is -2.19. The standard InChI is InChI=1S/C18H20O2Si/c1-19-21(20-2)13-12-15-7-5-9-18-16-8-4-3-6-14(16)10-11-17(15)18/h3-11,21H,12-13H2,1-2H3. The molecule has 0 aromatic heterocycles. The Morgan fingerprint density at radius 1 is 0.762 bits per heavy atom. The van der Waals surface area contributed by atoms with E-state index >= 15 is 0 Å². The van der Waals surface area contributed by atoms with Gasteiger partial charge in [0, 0.05) is 14.2 Å². The predicted octanol–water partition coefficient (Wildman–Crippen LogP) is 4.05. The van der Waals surface area contributed by atoms with Crippen LogP contribution in [0.25, 0.3) is 21.5 Å². The maximum atomic E-state index is 5.42. The van der Waals surface area contributed by atoms with Crippen molar-refractivity contribution in [2.24, 2.45) is 0 Å². The quantitative estimate of drug-likeness (QED) is 0.522. The highest BCUT2D eigenvalue weighted by atomic mass is 28.3. The Morgan fingerprint density at radius 3 is 2.33 bits per heavy atom. The van der Waals surface area contributed by atoms with Crippen LogP contribution in [0.15, 0.2) is 54.6 Å². The summed E-state index contributed by atoms with van der Waals surface area (Å²) in [5, 5.41) is 5.29. The summed E-state index contributed by atoms with van der Waals surface area (Å²) in [4.78, 5) is 0. The van der Waals surface area contributed by atoms with Crippen molar-refractivity contribution in [3.05, 3.63) is 60.2 Å². The van der Waals surface area contributed by atoms with E-state index in [2.05, 4.69) is 54.6 Å². The number of hydrogen-bond donors (Lipinski definition) is 0. The highest BCUT2D eigenvalue weighted by molar-refractivity contribution is 6.44. The fourth-order valence-corrected chi connectivity index (χ4v) is 4.14. The smallest absolute Gasteiger partial charge is 0.321 e. The van der Waals surface area contributed by atoms with Gasteiger partial charge in [0.15, 0.2) is 0 Å². The van der Waals surface area contributed by atoms with Crippen LogP contribution in [0.4, 0.5) is 0 Å². The van der Waals surface area contributed by atoms with E-state index in [1.807, 2.05) is 0 Å². The Balaban J connectivity index is 2.02. The van der Waals surface area contributed by atoms with Gasteiger partial charge in [-0.2, -0.15) is 0 Å². The van der Waals surface area contributed by atoms with Crippen LogP contribution in [0.3, 0.4) is 0 Å². The number of fused-ring (bicyclic) bond motifs is 3. The second-order valence-corrected chi connectivity index (χ2v) is 7.62. The maximum Gasteiger partial charge on any atom is 0.321 e. The molecule has 3 rings (SSSR count). The molecule has 3 aromatic carbocycles. The number of aryl methyl sites for hydroxylation is 1. The van der Waals surface area contributed by atoms with Gasteiger partial charge in [-0.3, -0.25) is 0 Å². The first kappa shape index (κ1) is 14.3. The molecule has 0 amide bonds. The second kappa shape index (κ2) is 6.39. The molecule has 2 nitrogen and oxygen atoms in total. The van der Waals surface area contributed by atoms with Crippen LogP contribution in [-0.2, 0) is 15.3 Å².